The van der Waals surface area contributed by atoms with Crippen LogP contribution < -0.4 is 15.8 Å². The van der Waals surface area contributed by atoms with Crippen molar-refractivity contribution in [2.24, 2.45) is 0 Å². The van der Waals surface area contributed by atoms with Crippen LogP contribution in [0.2, 0.25) is 5.02 Å². The maximum atomic E-state index is 12.1. The summed E-state index contributed by atoms with van der Waals surface area (Å²) in [6.07, 6.45) is 0. The van der Waals surface area contributed by atoms with Crippen LogP contribution in [0.4, 0.5) is 5.69 Å². The smallest absolute Gasteiger partial charge is 0.255 e. The van der Waals surface area contributed by atoms with Gasteiger partial charge in [-0.15, -0.1) is 24.8 Å². The summed E-state index contributed by atoms with van der Waals surface area (Å²) < 4.78 is 5.16. The highest BCUT2D eigenvalue weighted by molar-refractivity contribution is 6.33. The van der Waals surface area contributed by atoms with E-state index < -0.39 is 0 Å². The van der Waals surface area contributed by atoms with Gasteiger partial charge in [0, 0.05) is 19.2 Å². The number of amides is 1. The van der Waals surface area contributed by atoms with E-state index in [1.165, 1.54) is 13.2 Å². The molecule has 1 rings (SSSR count). The molecular formula is C14H24Cl3N3O2. The van der Waals surface area contributed by atoms with E-state index in [4.69, 9.17) is 22.1 Å². The van der Waals surface area contributed by atoms with Crippen LogP contribution in [0.5, 0.6) is 5.75 Å². The Kier molecular flexibility index (Phi) is 12.4. The lowest BCUT2D eigenvalue weighted by molar-refractivity contribution is 0.0946. The van der Waals surface area contributed by atoms with Crippen molar-refractivity contribution in [3.05, 3.63) is 22.7 Å². The Balaban J connectivity index is 0. The molecule has 1 amide bonds. The molecule has 0 fully saturated rings. The molecule has 0 aliphatic heterocycles. The highest BCUT2D eigenvalue weighted by atomic mass is 35.5. The normalized spacial score (nSPS) is 9.68. The summed E-state index contributed by atoms with van der Waals surface area (Å²) in [7, 11) is 1.50. The van der Waals surface area contributed by atoms with Crippen LogP contribution in [0.3, 0.4) is 0 Å². The van der Waals surface area contributed by atoms with Gasteiger partial charge in [0.1, 0.15) is 5.75 Å². The minimum atomic E-state index is -0.212. The summed E-state index contributed by atoms with van der Waals surface area (Å²) in [6, 6.07) is 3.09. The molecule has 5 nitrogen and oxygen atoms in total. The van der Waals surface area contributed by atoms with Crippen molar-refractivity contribution >= 4 is 48.0 Å². The molecule has 22 heavy (non-hydrogen) atoms. The van der Waals surface area contributed by atoms with Crippen molar-refractivity contribution in [3.63, 3.8) is 0 Å². The van der Waals surface area contributed by atoms with E-state index in [2.05, 4.69) is 24.1 Å². The fourth-order valence-corrected chi connectivity index (χ4v) is 2.04. The zero-order valence-corrected chi connectivity index (χ0v) is 15.4. The van der Waals surface area contributed by atoms with E-state index >= 15 is 0 Å². The van der Waals surface area contributed by atoms with E-state index in [1.807, 2.05) is 0 Å². The van der Waals surface area contributed by atoms with Crippen LogP contribution in [0.1, 0.15) is 24.2 Å². The van der Waals surface area contributed by atoms with Gasteiger partial charge in [0.25, 0.3) is 5.91 Å². The minimum absolute atomic E-state index is 0. The van der Waals surface area contributed by atoms with E-state index in [0.29, 0.717) is 28.6 Å². The molecule has 1 aromatic rings. The predicted octanol–water partition coefficient (Wildman–Crippen LogP) is 2.85. The molecule has 0 aliphatic rings. The molecule has 1 aromatic carbocycles. The molecule has 0 heterocycles. The van der Waals surface area contributed by atoms with Gasteiger partial charge in [-0.3, -0.25) is 4.79 Å². The summed E-state index contributed by atoms with van der Waals surface area (Å²) >= 11 is 5.95. The molecule has 128 valence electrons. The molecule has 3 N–H and O–H groups in total. The van der Waals surface area contributed by atoms with Crippen LogP contribution in [0.25, 0.3) is 0 Å². The summed E-state index contributed by atoms with van der Waals surface area (Å²) in [5.41, 5.74) is 6.48. The average molecular weight is 373 g/mol. The highest BCUT2D eigenvalue weighted by Gasteiger charge is 2.14. The Labute approximate surface area is 149 Å². The number of ether oxygens (including phenoxy) is 1. The molecule has 8 heteroatoms. The number of rotatable bonds is 7. The van der Waals surface area contributed by atoms with E-state index in [1.54, 1.807) is 6.07 Å². The first-order valence-electron chi connectivity index (χ1n) is 6.67. The molecular weight excluding hydrogens is 349 g/mol. The third kappa shape index (κ3) is 6.48. The molecule has 0 atom stereocenters. The standard InChI is InChI=1S/C14H22ClN3O2.2ClH/c1-4-18(5-2)7-6-17-14(19)10-8-11(15)12(16)9-13(10)20-3;;/h8-9H,4-7,16H2,1-3H3,(H,17,19);2*1H. The van der Waals surface area contributed by atoms with E-state index in [0.717, 1.165) is 19.6 Å². The van der Waals surface area contributed by atoms with Crippen molar-refractivity contribution in [3.8, 4) is 5.75 Å². The van der Waals surface area contributed by atoms with Crippen LogP contribution in [0, 0.1) is 0 Å². The van der Waals surface area contributed by atoms with Gasteiger partial charge in [-0.25, -0.2) is 0 Å². The third-order valence-corrected chi connectivity index (χ3v) is 3.50. The number of carbonyl (C=O) groups is 1. The third-order valence-electron chi connectivity index (χ3n) is 3.17. The Morgan fingerprint density at radius 1 is 1.32 bits per heavy atom. The minimum Gasteiger partial charge on any atom is -0.496 e. The van der Waals surface area contributed by atoms with Gasteiger partial charge in [-0.2, -0.15) is 0 Å². The van der Waals surface area contributed by atoms with Gasteiger partial charge in [0.05, 0.1) is 23.4 Å². The molecule has 0 spiro atoms. The fraction of sp³-hybridized carbons (Fsp3) is 0.500. The maximum Gasteiger partial charge on any atom is 0.255 e. The molecule has 0 saturated carbocycles. The number of hydrogen-bond acceptors (Lipinski definition) is 4. The lowest BCUT2D eigenvalue weighted by atomic mass is 10.1. The summed E-state index contributed by atoms with van der Waals surface area (Å²) in [4.78, 5) is 14.4. The number of hydrogen-bond donors (Lipinski definition) is 2. The first kappa shape index (κ1) is 23.4. The van der Waals surface area contributed by atoms with E-state index in [9.17, 15) is 4.79 Å². The number of nitrogens with one attached hydrogen (secondary N) is 1. The van der Waals surface area contributed by atoms with Crippen LogP contribution in [-0.4, -0.2) is 44.1 Å². The Bertz CT molecular complexity index is 469. The number of nitrogens with zero attached hydrogens (tertiary/aromatic N) is 1. The van der Waals surface area contributed by atoms with Crippen LogP contribution >= 0.6 is 36.4 Å². The number of benzene rings is 1. The fourth-order valence-electron chi connectivity index (χ4n) is 1.88. The van der Waals surface area contributed by atoms with Gasteiger partial charge >= 0.3 is 0 Å². The van der Waals surface area contributed by atoms with Gasteiger partial charge in [-0.1, -0.05) is 25.4 Å². The quantitative estimate of drug-likeness (QED) is 0.722. The van der Waals surface area contributed by atoms with Crippen LogP contribution in [0.15, 0.2) is 12.1 Å². The van der Waals surface area contributed by atoms with Crippen molar-refractivity contribution in [1.82, 2.24) is 10.2 Å². The number of methoxy groups -OCH3 is 1. The van der Waals surface area contributed by atoms with Gasteiger partial charge in [-0.05, 0) is 19.2 Å². The molecule has 0 aromatic heterocycles. The lowest BCUT2D eigenvalue weighted by Gasteiger charge is -2.18. The molecule has 0 unspecified atom stereocenters. The first-order valence-corrected chi connectivity index (χ1v) is 7.04. The zero-order valence-electron chi connectivity index (χ0n) is 13.0. The number of likely N-dealkylation sites (N-methyl/N-ethyl adjacent to an activating group) is 1. The van der Waals surface area contributed by atoms with Crippen molar-refractivity contribution in [2.75, 3.05) is 39.0 Å². The molecule has 0 saturated heterocycles. The number of halogens is 3. The van der Waals surface area contributed by atoms with Gasteiger partial charge < -0.3 is 20.7 Å². The maximum absolute atomic E-state index is 12.1. The zero-order chi connectivity index (χ0) is 15.1. The molecule has 0 aliphatic carbocycles. The Hall–Kier alpha value is -0.880. The number of nitrogen functional groups attached to an aromatic ring is 1. The van der Waals surface area contributed by atoms with E-state index in [-0.39, 0.29) is 30.7 Å². The first-order chi connectivity index (χ1) is 9.53. The average Bonchev–Trinajstić information content (AvgIpc) is 2.45. The van der Waals surface area contributed by atoms with Gasteiger partial charge in [0.2, 0.25) is 0 Å². The van der Waals surface area contributed by atoms with Gasteiger partial charge in [0.15, 0.2) is 0 Å². The topological polar surface area (TPSA) is 67.6 Å². The second-order valence-electron chi connectivity index (χ2n) is 4.36. The van der Waals surface area contributed by atoms with Crippen LogP contribution in [-0.2, 0) is 0 Å². The second-order valence-corrected chi connectivity index (χ2v) is 4.76. The SMILES string of the molecule is CCN(CC)CCNC(=O)c1cc(Cl)c(N)cc1OC.Cl.Cl. The largest absolute Gasteiger partial charge is 0.496 e. The molecule has 0 radical (unpaired) electrons. The highest BCUT2D eigenvalue weighted by Crippen LogP contribution is 2.28. The van der Waals surface area contributed by atoms with Crippen molar-refractivity contribution < 1.29 is 9.53 Å². The monoisotopic (exact) mass is 371 g/mol. The number of nitrogens with two attached hydrogens (primary N) is 1. The number of carbonyl (C=O) groups excluding carboxylic acids is 1. The Morgan fingerprint density at radius 2 is 1.91 bits per heavy atom. The summed E-state index contributed by atoms with van der Waals surface area (Å²) in [6.45, 7) is 7.49. The Morgan fingerprint density at radius 3 is 2.41 bits per heavy atom. The lowest BCUT2D eigenvalue weighted by Crippen LogP contribution is -2.34. The van der Waals surface area contributed by atoms with Crippen molar-refractivity contribution in [1.29, 1.82) is 0 Å². The predicted molar refractivity (Wildman–Crippen MR) is 97.0 cm³/mol. The summed E-state index contributed by atoms with van der Waals surface area (Å²) in [5, 5.41) is 3.21. The number of anilines is 1. The van der Waals surface area contributed by atoms with Crippen molar-refractivity contribution in [2.45, 2.75) is 13.8 Å². The summed E-state index contributed by atoms with van der Waals surface area (Å²) in [5.74, 6) is 0.211. The molecule has 0 bridgehead atoms. The second kappa shape index (κ2) is 11.7.